The molecular weight excluding hydrogens is 244 g/mol. The molecule has 0 amide bonds. The van der Waals surface area contributed by atoms with Gasteiger partial charge in [-0.3, -0.25) is 4.79 Å². The first-order valence-corrected chi connectivity index (χ1v) is 6.46. The van der Waals surface area contributed by atoms with Gasteiger partial charge in [-0.25, -0.2) is 4.79 Å². The average molecular weight is 262 g/mol. The SMILES string of the molecule is Cc1cc(C(CC(=O)O)C2CC2)cc(C(=O)O)c1C. The van der Waals surface area contributed by atoms with Crippen LogP contribution in [0, 0.1) is 19.8 Å². The highest BCUT2D eigenvalue weighted by atomic mass is 16.4. The summed E-state index contributed by atoms with van der Waals surface area (Å²) in [5.74, 6) is -1.45. The molecule has 0 heterocycles. The minimum atomic E-state index is -0.952. The van der Waals surface area contributed by atoms with E-state index in [4.69, 9.17) is 5.11 Å². The summed E-state index contributed by atoms with van der Waals surface area (Å²) in [5, 5.41) is 18.2. The van der Waals surface area contributed by atoms with Crippen LogP contribution in [-0.2, 0) is 4.79 Å². The van der Waals surface area contributed by atoms with Gasteiger partial charge in [0, 0.05) is 0 Å². The first-order chi connectivity index (χ1) is 8.90. The Hall–Kier alpha value is -1.84. The fourth-order valence-electron chi connectivity index (χ4n) is 2.57. The highest BCUT2D eigenvalue weighted by molar-refractivity contribution is 5.90. The summed E-state index contributed by atoms with van der Waals surface area (Å²) in [6.07, 6.45) is 2.15. The third-order valence-corrected chi connectivity index (χ3v) is 3.93. The number of benzene rings is 1. The van der Waals surface area contributed by atoms with Crippen LogP contribution in [0.1, 0.15) is 52.2 Å². The zero-order valence-electron chi connectivity index (χ0n) is 11.1. The molecule has 1 aliphatic rings. The minimum Gasteiger partial charge on any atom is -0.481 e. The predicted molar refractivity (Wildman–Crippen MR) is 70.6 cm³/mol. The first-order valence-electron chi connectivity index (χ1n) is 6.46. The van der Waals surface area contributed by atoms with Crippen LogP contribution in [0.3, 0.4) is 0 Å². The van der Waals surface area contributed by atoms with E-state index in [1.165, 1.54) is 0 Å². The molecule has 2 N–H and O–H groups in total. The number of hydrogen-bond donors (Lipinski definition) is 2. The van der Waals surface area contributed by atoms with E-state index >= 15 is 0 Å². The van der Waals surface area contributed by atoms with Gasteiger partial charge >= 0.3 is 11.9 Å². The van der Waals surface area contributed by atoms with Crippen LogP contribution in [0.4, 0.5) is 0 Å². The van der Waals surface area contributed by atoms with Crippen LogP contribution in [0.5, 0.6) is 0 Å². The van der Waals surface area contributed by atoms with Crippen LogP contribution in [-0.4, -0.2) is 22.2 Å². The molecule has 1 saturated carbocycles. The van der Waals surface area contributed by atoms with Crippen molar-refractivity contribution in [1.82, 2.24) is 0 Å². The van der Waals surface area contributed by atoms with Gasteiger partial charge in [-0.15, -0.1) is 0 Å². The number of hydrogen-bond acceptors (Lipinski definition) is 2. The second kappa shape index (κ2) is 5.03. The van der Waals surface area contributed by atoms with E-state index in [1.807, 2.05) is 13.0 Å². The summed E-state index contributed by atoms with van der Waals surface area (Å²) in [7, 11) is 0. The van der Waals surface area contributed by atoms with Crippen molar-refractivity contribution in [3.05, 3.63) is 34.4 Å². The van der Waals surface area contributed by atoms with Crippen LogP contribution < -0.4 is 0 Å². The van der Waals surface area contributed by atoms with Crippen molar-refractivity contribution in [1.29, 1.82) is 0 Å². The maximum absolute atomic E-state index is 11.2. The van der Waals surface area contributed by atoms with Crippen molar-refractivity contribution >= 4 is 11.9 Å². The number of aromatic carboxylic acids is 1. The maximum Gasteiger partial charge on any atom is 0.335 e. The van der Waals surface area contributed by atoms with Gasteiger partial charge in [0.1, 0.15) is 0 Å². The summed E-state index contributed by atoms with van der Waals surface area (Å²) >= 11 is 0. The van der Waals surface area contributed by atoms with E-state index in [0.717, 1.165) is 29.5 Å². The fraction of sp³-hybridized carbons (Fsp3) is 0.467. The number of aliphatic carboxylic acids is 1. The van der Waals surface area contributed by atoms with Crippen molar-refractivity contribution < 1.29 is 19.8 Å². The van der Waals surface area contributed by atoms with Gasteiger partial charge in [-0.05, 0) is 61.3 Å². The summed E-state index contributed by atoms with van der Waals surface area (Å²) in [5.41, 5.74) is 2.79. The van der Waals surface area contributed by atoms with Crippen molar-refractivity contribution in [3.63, 3.8) is 0 Å². The van der Waals surface area contributed by atoms with Crippen molar-refractivity contribution in [2.24, 2.45) is 5.92 Å². The lowest BCUT2D eigenvalue weighted by Gasteiger charge is -2.17. The molecule has 0 bridgehead atoms. The monoisotopic (exact) mass is 262 g/mol. The molecule has 0 spiro atoms. The molecule has 0 aliphatic heterocycles. The first kappa shape index (κ1) is 13.6. The second-order valence-corrected chi connectivity index (χ2v) is 5.36. The van der Waals surface area contributed by atoms with Gasteiger partial charge < -0.3 is 10.2 Å². The molecule has 1 aromatic rings. The van der Waals surface area contributed by atoms with Crippen LogP contribution in [0.25, 0.3) is 0 Å². The van der Waals surface area contributed by atoms with Crippen molar-refractivity contribution in [2.75, 3.05) is 0 Å². The molecule has 0 saturated heterocycles. The van der Waals surface area contributed by atoms with E-state index in [9.17, 15) is 14.7 Å². The molecule has 1 unspecified atom stereocenters. The normalized spacial score (nSPS) is 16.1. The molecule has 1 fully saturated rings. The number of aryl methyl sites for hydroxylation is 1. The second-order valence-electron chi connectivity index (χ2n) is 5.36. The molecule has 102 valence electrons. The molecule has 19 heavy (non-hydrogen) atoms. The molecule has 4 heteroatoms. The Morgan fingerprint density at radius 1 is 1.26 bits per heavy atom. The average Bonchev–Trinajstić information content (AvgIpc) is 3.13. The highest BCUT2D eigenvalue weighted by Crippen LogP contribution is 2.45. The third kappa shape index (κ3) is 2.95. The standard InChI is InChI=1S/C15H18O4/c1-8-5-11(6-12(9(8)2)15(18)19)13(7-14(16)17)10-3-4-10/h5-6,10,13H,3-4,7H2,1-2H3,(H,16,17)(H,18,19). The van der Waals surface area contributed by atoms with Gasteiger partial charge in [0.2, 0.25) is 0 Å². The Morgan fingerprint density at radius 3 is 2.37 bits per heavy atom. The van der Waals surface area contributed by atoms with E-state index < -0.39 is 11.9 Å². The van der Waals surface area contributed by atoms with Crippen molar-refractivity contribution in [2.45, 2.75) is 39.0 Å². The predicted octanol–water partition coefficient (Wildman–Crippen LogP) is 2.97. The Labute approximate surface area is 112 Å². The molecule has 0 aromatic heterocycles. The van der Waals surface area contributed by atoms with E-state index in [1.54, 1.807) is 13.0 Å². The van der Waals surface area contributed by atoms with Gasteiger partial charge in [-0.1, -0.05) is 6.07 Å². The Morgan fingerprint density at radius 2 is 1.89 bits per heavy atom. The summed E-state index contributed by atoms with van der Waals surface area (Å²) in [4.78, 5) is 22.2. The molecule has 0 radical (unpaired) electrons. The quantitative estimate of drug-likeness (QED) is 0.855. The lowest BCUT2D eigenvalue weighted by Crippen LogP contribution is -2.11. The lowest BCUT2D eigenvalue weighted by atomic mass is 9.87. The molecule has 2 rings (SSSR count). The third-order valence-electron chi connectivity index (χ3n) is 3.93. The smallest absolute Gasteiger partial charge is 0.335 e. The zero-order chi connectivity index (χ0) is 14.2. The fourth-order valence-corrected chi connectivity index (χ4v) is 2.57. The zero-order valence-corrected chi connectivity index (χ0v) is 11.1. The molecule has 1 aliphatic carbocycles. The number of carboxylic acids is 2. The Kier molecular flexibility index (Phi) is 3.60. The van der Waals surface area contributed by atoms with Crippen LogP contribution >= 0.6 is 0 Å². The summed E-state index contributed by atoms with van der Waals surface area (Å²) in [6, 6.07) is 3.59. The largest absolute Gasteiger partial charge is 0.481 e. The molecule has 1 atom stereocenters. The summed E-state index contributed by atoms with van der Waals surface area (Å²) < 4.78 is 0. The van der Waals surface area contributed by atoms with Crippen LogP contribution in [0.15, 0.2) is 12.1 Å². The van der Waals surface area contributed by atoms with Crippen LogP contribution in [0.2, 0.25) is 0 Å². The van der Waals surface area contributed by atoms with E-state index in [-0.39, 0.29) is 17.9 Å². The Bertz CT molecular complexity index is 529. The highest BCUT2D eigenvalue weighted by Gasteiger charge is 2.34. The number of rotatable bonds is 5. The van der Waals surface area contributed by atoms with Gasteiger partial charge in [0.05, 0.1) is 12.0 Å². The van der Waals surface area contributed by atoms with Gasteiger partial charge in [-0.2, -0.15) is 0 Å². The maximum atomic E-state index is 11.2. The summed E-state index contributed by atoms with van der Waals surface area (Å²) in [6.45, 7) is 3.65. The van der Waals surface area contributed by atoms with Gasteiger partial charge in [0.25, 0.3) is 0 Å². The Balaban J connectivity index is 2.42. The molecule has 4 nitrogen and oxygen atoms in total. The number of carbonyl (C=O) groups is 2. The lowest BCUT2D eigenvalue weighted by molar-refractivity contribution is -0.137. The number of carboxylic acid groups (broad SMARTS) is 2. The van der Waals surface area contributed by atoms with E-state index in [0.29, 0.717) is 5.92 Å². The molecule has 1 aromatic carbocycles. The van der Waals surface area contributed by atoms with E-state index in [2.05, 4.69) is 0 Å². The minimum absolute atomic E-state index is 0.0603. The molecular formula is C15H18O4. The topological polar surface area (TPSA) is 74.6 Å². The van der Waals surface area contributed by atoms with Gasteiger partial charge in [0.15, 0.2) is 0 Å². The van der Waals surface area contributed by atoms with Crippen molar-refractivity contribution in [3.8, 4) is 0 Å².